The number of piperidine rings is 1. The molecule has 1 aromatic heterocycles. The van der Waals surface area contributed by atoms with Crippen LogP contribution in [0.4, 0.5) is 10.1 Å². The molecule has 3 amide bonds. The molecule has 1 atom stereocenters. The van der Waals surface area contributed by atoms with E-state index < -0.39 is 11.2 Å². The Hall–Kier alpha value is -4.33. The van der Waals surface area contributed by atoms with Crippen LogP contribution >= 0.6 is 0 Å². The zero-order valence-electron chi connectivity index (χ0n) is 19.1. The molecule has 8 heteroatoms. The summed E-state index contributed by atoms with van der Waals surface area (Å²) in [6.45, 7) is 1.91. The van der Waals surface area contributed by atoms with Crippen LogP contribution in [-0.2, 0) is 19.8 Å². The first-order chi connectivity index (χ1) is 16.9. The van der Waals surface area contributed by atoms with E-state index in [4.69, 9.17) is 4.74 Å². The highest BCUT2D eigenvalue weighted by Gasteiger charge is 2.42. The molecule has 0 aliphatic carbocycles. The summed E-state index contributed by atoms with van der Waals surface area (Å²) in [5, 5.41) is 5.17. The summed E-state index contributed by atoms with van der Waals surface area (Å²) in [5.74, 6) is -1.03. The molecule has 0 bridgehead atoms. The predicted octanol–water partition coefficient (Wildman–Crippen LogP) is 4.75. The molecule has 2 aromatic carbocycles. The fourth-order valence-corrected chi connectivity index (χ4v) is 4.03. The van der Waals surface area contributed by atoms with Gasteiger partial charge >= 0.3 is 0 Å². The Bertz CT molecular complexity index is 1280. The average molecular weight is 474 g/mol. The van der Waals surface area contributed by atoms with Crippen molar-refractivity contribution in [1.29, 1.82) is 0 Å². The smallest absolute Gasteiger partial charge is 0.248 e. The zero-order chi connectivity index (χ0) is 24.8. The molecule has 35 heavy (non-hydrogen) atoms. The first kappa shape index (κ1) is 23.8. The number of imide groups is 1. The van der Waals surface area contributed by atoms with Crippen molar-refractivity contribution in [2.75, 3.05) is 5.32 Å². The molecule has 3 aromatic rings. The van der Waals surface area contributed by atoms with Gasteiger partial charge in [0.15, 0.2) is 11.6 Å². The molecule has 0 radical (unpaired) electrons. The predicted molar refractivity (Wildman–Crippen MR) is 129 cm³/mol. The summed E-state index contributed by atoms with van der Waals surface area (Å²) in [5.41, 5.74) is 1.08. The highest BCUT2D eigenvalue weighted by atomic mass is 19.1. The summed E-state index contributed by atoms with van der Waals surface area (Å²) >= 11 is 0. The second-order valence-electron chi connectivity index (χ2n) is 8.19. The first-order valence-corrected chi connectivity index (χ1v) is 11.2. The lowest BCUT2D eigenvalue weighted by atomic mass is 9.72. The summed E-state index contributed by atoms with van der Waals surface area (Å²) in [6.07, 6.45) is 7.18. The van der Waals surface area contributed by atoms with Crippen molar-refractivity contribution in [3.63, 3.8) is 0 Å². The second-order valence-corrected chi connectivity index (χ2v) is 8.19. The Morgan fingerprint density at radius 3 is 2.66 bits per heavy atom. The quantitative estimate of drug-likeness (QED) is 0.381. The number of carbonyl (C=O) groups is 3. The second kappa shape index (κ2) is 10.3. The van der Waals surface area contributed by atoms with Crippen molar-refractivity contribution in [3.8, 4) is 11.5 Å². The van der Waals surface area contributed by atoms with Gasteiger partial charge in [-0.15, -0.1) is 0 Å². The van der Waals surface area contributed by atoms with E-state index >= 15 is 0 Å². The van der Waals surface area contributed by atoms with Crippen LogP contribution in [0.25, 0.3) is 6.08 Å². The minimum absolute atomic E-state index is 0.0561. The van der Waals surface area contributed by atoms with Crippen LogP contribution in [0.5, 0.6) is 11.5 Å². The molecule has 0 spiro atoms. The van der Waals surface area contributed by atoms with Crippen LogP contribution in [0, 0.1) is 5.82 Å². The maximum absolute atomic E-state index is 14.4. The third-order valence-corrected chi connectivity index (χ3v) is 6.02. The van der Waals surface area contributed by atoms with Crippen molar-refractivity contribution >= 4 is 29.5 Å². The Morgan fingerprint density at radius 1 is 1.20 bits per heavy atom. The maximum atomic E-state index is 14.4. The summed E-state index contributed by atoms with van der Waals surface area (Å²) < 4.78 is 19.8. The number of ether oxygens (including phenoxy) is 1. The van der Waals surface area contributed by atoms with Gasteiger partial charge in [-0.2, -0.15) is 0 Å². The van der Waals surface area contributed by atoms with Crippen molar-refractivity contribution < 1.29 is 23.5 Å². The van der Waals surface area contributed by atoms with Gasteiger partial charge in [0.25, 0.3) is 0 Å². The van der Waals surface area contributed by atoms with E-state index in [0.29, 0.717) is 36.3 Å². The van der Waals surface area contributed by atoms with Gasteiger partial charge in [0, 0.05) is 24.4 Å². The molecule has 1 fully saturated rings. The fraction of sp³-hybridized carbons (Fsp3) is 0.185. The number of benzene rings is 2. The van der Waals surface area contributed by atoms with Gasteiger partial charge in [0.1, 0.15) is 5.75 Å². The van der Waals surface area contributed by atoms with E-state index in [0.717, 1.165) is 5.56 Å². The van der Waals surface area contributed by atoms with Crippen LogP contribution in [-0.4, -0.2) is 22.7 Å². The SMILES string of the molecule is CCC1(c2ccc(NC(=O)/C=C/c3ccc(Oc4cccnc4)c(F)c3)cc2)CCC(=O)NC1=O. The minimum atomic E-state index is -0.757. The number of hydrogen-bond donors (Lipinski definition) is 2. The van der Waals surface area contributed by atoms with E-state index in [1.807, 2.05) is 6.92 Å². The van der Waals surface area contributed by atoms with E-state index in [1.165, 1.54) is 30.5 Å². The molecule has 178 valence electrons. The summed E-state index contributed by atoms with van der Waals surface area (Å²) in [7, 11) is 0. The van der Waals surface area contributed by atoms with E-state index in [2.05, 4.69) is 15.6 Å². The number of nitrogens with one attached hydrogen (secondary N) is 2. The summed E-state index contributed by atoms with van der Waals surface area (Å²) in [6, 6.07) is 14.8. The van der Waals surface area contributed by atoms with Crippen molar-refractivity contribution in [3.05, 3.63) is 90.0 Å². The van der Waals surface area contributed by atoms with Gasteiger partial charge in [-0.3, -0.25) is 24.7 Å². The first-order valence-electron chi connectivity index (χ1n) is 11.2. The third-order valence-electron chi connectivity index (χ3n) is 6.02. The number of rotatable bonds is 7. The van der Waals surface area contributed by atoms with Crippen LogP contribution in [0.1, 0.15) is 37.3 Å². The Balaban J connectivity index is 1.38. The highest BCUT2D eigenvalue weighted by molar-refractivity contribution is 6.04. The van der Waals surface area contributed by atoms with E-state index in [-0.39, 0.29) is 23.5 Å². The lowest BCUT2D eigenvalue weighted by molar-refractivity contribution is -0.138. The molecule has 4 rings (SSSR count). The molecular weight excluding hydrogens is 449 g/mol. The van der Waals surface area contributed by atoms with Crippen LogP contribution in [0.15, 0.2) is 73.1 Å². The van der Waals surface area contributed by atoms with Gasteiger partial charge < -0.3 is 10.1 Å². The highest BCUT2D eigenvalue weighted by Crippen LogP contribution is 2.36. The average Bonchev–Trinajstić information content (AvgIpc) is 2.86. The topological polar surface area (TPSA) is 97.4 Å². The van der Waals surface area contributed by atoms with E-state index in [1.54, 1.807) is 48.7 Å². The number of amides is 3. The lowest BCUT2D eigenvalue weighted by Crippen LogP contribution is -2.51. The maximum Gasteiger partial charge on any atom is 0.248 e. The molecule has 0 saturated carbocycles. The number of hydrogen-bond acceptors (Lipinski definition) is 5. The van der Waals surface area contributed by atoms with Crippen molar-refractivity contribution in [1.82, 2.24) is 10.3 Å². The third kappa shape index (κ3) is 5.43. The van der Waals surface area contributed by atoms with Gasteiger partial charge in [-0.1, -0.05) is 25.1 Å². The standard InChI is InChI=1S/C27H24FN3O4/c1-2-27(14-13-25(33)31-26(27)34)19-7-9-20(10-8-19)30-24(32)12-6-18-5-11-23(22(28)16-18)35-21-4-3-15-29-17-21/h3-12,15-17H,2,13-14H2,1H3,(H,30,32)(H,31,33,34)/b12-6+. The Kier molecular flexibility index (Phi) is 7.01. The lowest BCUT2D eigenvalue weighted by Gasteiger charge is -2.35. The number of carbonyl (C=O) groups excluding carboxylic acids is 3. The molecule has 2 heterocycles. The molecule has 2 N–H and O–H groups in total. The Labute approximate surface area is 202 Å². The summed E-state index contributed by atoms with van der Waals surface area (Å²) in [4.78, 5) is 40.3. The van der Waals surface area contributed by atoms with Crippen molar-refractivity contribution in [2.45, 2.75) is 31.6 Å². The van der Waals surface area contributed by atoms with Crippen molar-refractivity contribution in [2.24, 2.45) is 0 Å². The van der Waals surface area contributed by atoms with Gasteiger partial charge in [0.2, 0.25) is 17.7 Å². The molecular formula is C27H24FN3O4. The molecule has 1 saturated heterocycles. The van der Waals surface area contributed by atoms with E-state index in [9.17, 15) is 18.8 Å². The number of halogens is 1. The number of anilines is 1. The van der Waals surface area contributed by atoms with Gasteiger partial charge in [-0.05, 0) is 66.4 Å². The number of nitrogens with zero attached hydrogens (tertiary/aromatic N) is 1. The zero-order valence-corrected chi connectivity index (χ0v) is 19.1. The monoisotopic (exact) mass is 473 g/mol. The Morgan fingerprint density at radius 2 is 2.00 bits per heavy atom. The number of aromatic nitrogens is 1. The molecule has 1 aliphatic heterocycles. The molecule has 1 unspecified atom stereocenters. The van der Waals surface area contributed by atoms with Gasteiger partial charge in [-0.25, -0.2) is 4.39 Å². The van der Waals surface area contributed by atoms with Crippen LogP contribution in [0.3, 0.4) is 0 Å². The van der Waals surface area contributed by atoms with Crippen LogP contribution < -0.4 is 15.4 Å². The largest absolute Gasteiger partial charge is 0.453 e. The minimum Gasteiger partial charge on any atom is -0.453 e. The normalized spacial score (nSPS) is 17.8. The van der Waals surface area contributed by atoms with Crippen LogP contribution in [0.2, 0.25) is 0 Å². The molecule has 1 aliphatic rings. The number of pyridine rings is 1. The fourth-order valence-electron chi connectivity index (χ4n) is 4.03. The van der Waals surface area contributed by atoms with Gasteiger partial charge in [0.05, 0.1) is 11.6 Å². The molecule has 7 nitrogen and oxygen atoms in total.